The van der Waals surface area contributed by atoms with E-state index in [4.69, 9.17) is 36.8 Å². The zero-order chi connectivity index (χ0) is 9.00. The maximum atomic E-state index is 8.55. The van der Waals surface area contributed by atoms with Gasteiger partial charge in [-0.3, -0.25) is 8.42 Å². The Morgan fingerprint density at radius 3 is 1.00 bits per heavy atom. The quantitative estimate of drug-likeness (QED) is 0.187. The molecule has 0 aliphatic heterocycles. The van der Waals surface area contributed by atoms with Crippen LogP contribution in [0.2, 0.25) is 0 Å². The van der Waals surface area contributed by atoms with E-state index in [-0.39, 0.29) is 21.1 Å². The molecule has 0 amide bonds. The summed E-state index contributed by atoms with van der Waals surface area (Å²) < 4.78 is 42.6. The molecule has 1 radical (unpaired) electrons. The topological polar surface area (TPSA) is 167 Å². The normalized spacial score (nSPS) is 10.6. The van der Waals surface area contributed by atoms with Gasteiger partial charge in [-0.1, -0.05) is 0 Å². The molecule has 11 heteroatoms. The summed E-state index contributed by atoms with van der Waals surface area (Å²) >= 11 is 0. The molecule has 0 saturated heterocycles. The molecule has 0 spiro atoms. The molecule has 0 aliphatic rings. The summed E-state index contributed by atoms with van der Waals surface area (Å²) in [6, 6.07) is 0. The second kappa shape index (κ2) is 6.21. The van der Waals surface area contributed by atoms with Gasteiger partial charge >= 0.3 is 21.1 Å². The van der Waals surface area contributed by atoms with E-state index in [1.807, 2.05) is 0 Å². The van der Waals surface area contributed by atoms with Crippen molar-refractivity contribution in [2.75, 3.05) is 0 Å². The predicted octanol–water partition coefficient (Wildman–Crippen LogP) is -4.17. The van der Waals surface area contributed by atoms with Crippen LogP contribution in [-0.2, 0) is 36.0 Å². The fraction of sp³-hybridized carbons (Fsp3) is 0. The largest absolute Gasteiger partial charge is 5.00 e. The third-order valence-electron chi connectivity index (χ3n) is 0. The minimum absolute atomic E-state index is 0. The Hall–Kier alpha value is 0.668. The number of hydrogen-bond acceptors (Lipinski definition) is 8. The van der Waals surface area contributed by atoms with E-state index in [2.05, 4.69) is 0 Å². The molecule has 0 rings (SSSR count). The summed E-state index contributed by atoms with van der Waals surface area (Å²) in [6.45, 7) is 0. The molecule has 11 heavy (non-hydrogen) atoms. The van der Waals surface area contributed by atoms with E-state index < -0.39 is 18.2 Å². The number of hydrogen-bond donors (Lipinski definition) is 0. The minimum Gasteiger partial charge on any atom is -0.822 e. The summed E-state index contributed by atoms with van der Waals surface area (Å²) in [6.07, 6.45) is 0. The molecule has 0 aromatic carbocycles. The van der Waals surface area contributed by atoms with Crippen LogP contribution in [0, 0.1) is 0 Å². The Balaban J connectivity index is -0.000000107. The standard InChI is InChI=1S/Mo.H3O4P.H2O4S/c;2*1-5(2,3)4/h;(H3,1,2,3,4);(H2,1,2,3,4)/q+5;;/p-5. The first-order valence-electron chi connectivity index (χ1n) is 1.40. The molecular formula is MoO8PS. The van der Waals surface area contributed by atoms with Crippen molar-refractivity contribution in [3.8, 4) is 0 Å². The van der Waals surface area contributed by atoms with Crippen LogP contribution in [0.15, 0.2) is 0 Å². The van der Waals surface area contributed by atoms with Gasteiger partial charge in [0.05, 0.1) is 0 Å². The molecule has 0 N–H and O–H groups in total. The van der Waals surface area contributed by atoms with Crippen LogP contribution in [0.4, 0.5) is 0 Å². The van der Waals surface area contributed by atoms with E-state index in [0.717, 1.165) is 0 Å². The summed E-state index contributed by atoms with van der Waals surface area (Å²) in [5.41, 5.74) is 0. The second-order valence-electron chi connectivity index (χ2n) is 0.855. The van der Waals surface area contributed by atoms with Crippen LogP contribution in [0.1, 0.15) is 0 Å². The first-order valence-corrected chi connectivity index (χ1v) is 4.19. The van der Waals surface area contributed by atoms with E-state index in [9.17, 15) is 0 Å². The van der Waals surface area contributed by atoms with Crippen molar-refractivity contribution in [3.63, 3.8) is 0 Å². The van der Waals surface area contributed by atoms with Gasteiger partial charge in [0, 0.05) is 10.4 Å². The van der Waals surface area contributed by atoms with E-state index >= 15 is 0 Å². The van der Waals surface area contributed by atoms with Crippen molar-refractivity contribution in [3.05, 3.63) is 0 Å². The Labute approximate surface area is 76.3 Å². The van der Waals surface area contributed by atoms with E-state index in [1.165, 1.54) is 0 Å². The molecule has 0 saturated carbocycles. The molecule has 65 valence electrons. The molecule has 0 aliphatic carbocycles. The van der Waals surface area contributed by atoms with Crippen molar-refractivity contribution in [2.45, 2.75) is 0 Å². The number of rotatable bonds is 0. The third-order valence-corrected chi connectivity index (χ3v) is 0. The van der Waals surface area contributed by atoms with Crippen LogP contribution in [0.3, 0.4) is 0 Å². The van der Waals surface area contributed by atoms with Gasteiger partial charge in [0.2, 0.25) is 0 Å². The molecule has 0 heterocycles. The maximum absolute atomic E-state index is 8.55. The molecule has 0 fully saturated rings. The molecule has 0 aromatic rings. The summed E-state index contributed by atoms with van der Waals surface area (Å²) in [7, 11) is -10.6. The van der Waals surface area contributed by atoms with Crippen molar-refractivity contribution in [1.29, 1.82) is 0 Å². The molecule has 0 bridgehead atoms. The molecule has 0 unspecified atom stereocenters. The molecule has 0 atom stereocenters. The van der Waals surface area contributed by atoms with Crippen molar-refractivity contribution >= 4 is 18.2 Å². The summed E-state index contributed by atoms with van der Waals surface area (Å²) in [5, 5.41) is 0. The Kier molecular flexibility index (Phi) is 9.98. The van der Waals surface area contributed by atoms with Crippen LogP contribution in [-0.4, -0.2) is 17.5 Å². The van der Waals surface area contributed by atoms with Crippen molar-refractivity contribution < 1.29 is 57.8 Å². The van der Waals surface area contributed by atoms with Crippen LogP contribution in [0.25, 0.3) is 0 Å². The fourth-order valence-corrected chi connectivity index (χ4v) is 0. The monoisotopic (exact) mass is 289 g/mol. The zero-order valence-corrected chi connectivity index (χ0v) is 8.25. The summed E-state index contributed by atoms with van der Waals surface area (Å²) in [5.74, 6) is 0. The van der Waals surface area contributed by atoms with Gasteiger partial charge in [-0.2, -0.15) is 7.82 Å². The third kappa shape index (κ3) is 1790. The molecule has 8 nitrogen and oxygen atoms in total. The molecular weight excluding hydrogens is 287 g/mol. The Morgan fingerprint density at radius 1 is 1.00 bits per heavy atom. The van der Waals surface area contributed by atoms with Crippen molar-refractivity contribution in [1.82, 2.24) is 0 Å². The van der Waals surface area contributed by atoms with Crippen LogP contribution < -0.4 is 14.7 Å². The Bertz CT molecular complexity index is 192. The Morgan fingerprint density at radius 2 is 1.00 bits per heavy atom. The second-order valence-corrected chi connectivity index (χ2v) is 2.57. The average Bonchev–Trinajstić information content (AvgIpc) is 1.12. The first kappa shape index (κ1) is 17.7. The number of phosphoric acid groups is 1. The van der Waals surface area contributed by atoms with E-state index in [0.29, 0.717) is 0 Å². The van der Waals surface area contributed by atoms with Gasteiger partial charge < -0.3 is 28.4 Å². The maximum Gasteiger partial charge on any atom is 5.00 e. The van der Waals surface area contributed by atoms with Gasteiger partial charge in [-0.05, 0) is 0 Å². The van der Waals surface area contributed by atoms with Gasteiger partial charge in [-0.15, -0.1) is 0 Å². The van der Waals surface area contributed by atoms with Gasteiger partial charge in [-0.25, -0.2) is 0 Å². The SMILES string of the molecule is O=P([O-])([O-])[O-].O=S(=O)([O-])[O-].[Mo+5]. The first-order chi connectivity index (χ1) is 4.00. The van der Waals surface area contributed by atoms with Crippen LogP contribution >= 0.6 is 7.82 Å². The minimum atomic E-state index is -5.39. The van der Waals surface area contributed by atoms with Gasteiger partial charge in [0.1, 0.15) is 0 Å². The van der Waals surface area contributed by atoms with Gasteiger partial charge in [0.25, 0.3) is 0 Å². The van der Waals surface area contributed by atoms with Crippen LogP contribution in [0.5, 0.6) is 0 Å². The predicted molar refractivity (Wildman–Crippen MR) is 18.1 cm³/mol. The zero-order valence-electron chi connectivity index (χ0n) is 4.53. The van der Waals surface area contributed by atoms with E-state index in [1.54, 1.807) is 0 Å². The fourth-order valence-electron chi connectivity index (χ4n) is 0. The smallest absolute Gasteiger partial charge is 0.822 e. The molecule has 0 aromatic heterocycles. The van der Waals surface area contributed by atoms with Gasteiger partial charge in [0.15, 0.2) is 0 Å². The average molecular weight is 287 g/mol. The van der Waals surface area contributed by atoms with Crippen molar-refractivity contribution in [2.24, 2.45) is 0 Å². The summed E-state index contributed by atoms with van der Waals surface area (Å²) in [4.78, 5) is 25.6.